The molecule has 0 radical (unpaired) electrons. The average Bonchev–Trinajstić information content (AvgIpc) is 2.89. The Kier molecular flexibility index (Phi) is 10.3. The number of nitrogens with two attached hydrogens (primary N) is 1. The van der Waals surface area contributed by atoms with E-state index in [-0.39, 0.29) is 23.9 Å². The van der Waals surface area contributed by atoms with E-state index < -0.39 is 0 Å². The van der Waals surface area contributed by atoms with Gasteiger partial charge in [0.15, 0.2) is 0 Å². The average molecular weight is 435 g/mol. The summed E-state index contributed by atoms with van der Waals surface area (Å²) in [5.74, 6) is 0.483. The first-order valence-electron chi connectivity index (χ1n) is 10.9. The quantitative estimate of drug-likeness (QED) is 0.494. The van der Waals surface area contributed by atoms with E-state index in [1.165, 1.54) is 6.08 Å². The summed E-state index contributed by atoms with van der Waals surface area (Å²) < 4.78 is 0. The third-order valence-corrected chi connectivity index (χ3v) is 5.95. The molecule has 1 aliphatic rings. The molecule has 7 heteroatoms. The molecule has 2 unspecified atom stereocenters. The van der Waals surface area contributed by atoms with Crippen molar-refractivity contribution in [1.29, 1.82) is 0 Å². The number of hydrogen-bond donors (Lipinski definition) is 3. The zero-order chi connectivity index (χ0) is 21.9. The molecular weight excluding hydrogens is 400 g/mol. The van der Waals surface area contributed by atoms with Crippen LogP contribution in [0.2, 0.25) is 5.02 Å². The standard InChI is InChI=1S/C23H35ClN4O2/c1-3-17(4-2)16-28-14-12-20(27-21(11-13-25)23(28)30)15-26-22(29)10-7-18-5-8-19(24)9-6-18/h5-10,17,20-21,27H,3-4,11-16,25H2,1-2H3,(H,26,29). The Morgan fingerprint density at radius 3 is 2.67 bits per heavy atom. The van der Waals surface area contributed by atoms with Crippen LogP contribution < -0.4 is 16.4 Å². The Bertz CT molecular complexity index is 704. The normalized spacial score (nSPS) is 20.0. The number of rotatable bonds is 10. The van der Waals surface area contributed by atoms with Crippen molar-refractivity contribution in [1.82, 2.24) is 15.5 Å². The largest absolute Gasteiger partial charge is 0.351 e. The van der Waals surface area contributed by atoms with Crippen LogP contribution in [0.1, 0.15) is 45.1 Å². The van der Waals surface area contributed by atoms with Crippen LogP contribution in [0.15, 0.2) is 30.3 Å². The number of carbonyl (C=O) groups is 2. The van der Waals surface area contributed by atoms with Crippen LogP contribution in [-0.4, -0.2) is 55.0 Å². The summed E-state index contributed by atoms with van der Waals surface area (Å²) in [6, 6.07) is 7.03. The molecule has 1 saturated heterocycles. The van der Waals surface area contributed by atoms with E-state index in [1.54, 1.807) is 18.2 Å². The van der Waals surface area contributed by atoms with Gasteiger partial charge in [-0.05, 0) is 49.1 Å². The van der Waals surface area contributed by atoms with Crippen molar-refractivity contribution in [3.8, 4) is 0 Å². The summed E-state index contributed by atoms with van der Waals surface area (Å²) in [5, 5.41) is 7.02. The second-order valence-corrected chi connectivity index (χ2v) is 8.32. The number of benzene rings is 1. The van der Waals surface area contributed by atoms with Gasteiger partial charge in [0.2, 0.25) is 11.8 Å². The topological polar surface area (TPSA) is 87.5 Å². The minimum absolute atomic E-state index is 0.0325. The molecule has 1 fully saturated rings. The SMILES string of the molecule is CCC(CC)CN1CCC(CNC(=O)C=Cc2ccc(Cl)cc2)NC(CCN)C1=O. The maximum atomic E-state index is 13.0. The van der Waals surface area contributed by atoms with E-state index >= 15 is 0 Å². The van der Waals surface area contributed by atoms with Crippen molar-refractivity contribution < 1.29 is 9.59 Å². The highest BCUT2D eigenvalue weighted by Gasteiger charge is 2.31. The van der Waals surface area contributed by atoms with Gasteiger partial charge in [0.1, 0.15) is 0 Å². The highest BCUT2D eigenvalue weighted by Crippen LogP contribution is 2.16. The summed E-state index contributed by atoms with van der Waals surface area (Å²) in [5.41, 5.74) is 6.66. The van der Waals surface area contributed by atoms with Crippen molar-refractivity contribution in [3.63, 3.8) is 0 Å². The number of carbonyl (C=O) groups excluding carboxylic acids is 2. The van der Waals surface area contributed by atoms with Crippen molar-refractivity contribution in [2.24, 2.45) is 11.7 Å². The van der Waals surface area contributed by atoms with Gasteiger partial charge in [0.25, 0.3) is 0 Å². The van der Waals surface area contributed by atoms with E-state index in [0.717, 1.165) is 31.4 Å². The Balaban J connectivity index is 1.92. The van der Waals surface area contributed by atoms with Gasteiger partial charge in [-0.25, -0.2) is 0 Å². The van der Waals surface area contributed by atoms with E-state index in [1.807, 2.05) is 17.0 Å². The van der Waals surface area contributed by atoms with Crippen molar-refractivity contribution >= 4 is 29.5 Å². The molecule has 4 N–H and O–H groups in total. The lowest BCUT2D eigenvalue weighted by molar-refractivity contribution is -0.133. The summed E-state index contributed by atoms with van der Waals surface area (Å²) in [6.07, 6.45) is 6.79. The van der Waals surface area contributed by atoms with Gasteiger partial charge in [-0.15, -0.1) is 0 Å². The van der Waals surface area contributed by atoms with Crippen molar-refractivity contribution in [3.05, 3.63) is 40.9 Å². The van der Waals surface area contributed by atoms with Crippen LogP contribution in [0, 0.1) is 5.92 Å². The molecule has 2 atom stereocenters. The molecule has 0 aliphatic carbocycles. The fraction of sp³-hybridized carbons (Fsp3) is 0.565. The molecule has 1 aromatic rings. The first-order valence-corrected chi connectivity index (χ1v) is 11.3. The third kappa shape index (κ3) is 7.74. The maximum Gasteiger partial charge on any atom is 0.244 e. The summed E-state index contributed by atoms with van der Waals surface area (Å²) >= 11 is 5.88. The van der Waals surface area contributed by atoms with Gasteiger partial charge < -0.3 is 21.3 Å². The van der Waals surface area contributed by atoms with Crippen LogP contribution in [0.3, 0.4) is 0 Å². The van der Waals surface area contributed by atoms with E-state index in [4.69, 9.17) is 17.3 Å². The van der Waals surface area contributed by atoms with Gasteiger partial charge in [-0.2, -0.15) is 0 Å². The van der Waals surface area contributed by atoms with E-state index in [9.17, 15) is 9.59 Å². The summed E-state index contributed by atoms with van der Waals surface area (Å²) in [4.78, 5) is 27.2. The summed E-state index contributed by atoms with van der Waals surface area (Å²) in [7, 11) is 0. The molecule has 6 nitrogen and oxygen atoms in total. The fourth-order valence-corrected chi connectivity index (χ4v) is 3.81. The highest BCUT2D eigenvalue weighted by molar-refractivity contribution is 6.30. The zero-order valence-corrected chi connectivity index (χ0v) is 18.8. The minimum Gasteiger partial charge on any atom is -0.351 e. The maximum absolute atomic E-state index is 13.0. The van der Waals surface area contributed by atoms with Crippen molar-refractivity contribution in [2.45, 2.75) is 51.6 Å². The summed E-state index contributed by atoms with van der Waals surface area (Å²) in [6.45, 7) is 6.74. The monoisotopic (exact) mass is 434 g/mol. The van der Waals surface area contributed by atoms with Crippen LogP contribution in [0.25, 0.3) is 6.08 Å². The molecular formula is C23H35ClN4O2. The van der Waals surface area contributed by atoms with Crippen LogP contribution in [0.5, 0.6) is 0 Å². The van der Waals surface area contributed by atoms with E-state index in [2.05, 4.69) is 24.5 Å². The first kappa shape index (κ1) is 24.4. The van der Waals surface area contributed by atoms with Gasteiger partial charge >= 0.3 is 0 Å². The molecule has 1 heterocycles. The van der Waals surface area contributed by atoms with Crippen LogP contribution >= 0.6 is 11.6 Å². The van der Waals surface area contributed by atoms with Crippen molar-refractivity contribution in [2.75, 3.05) is 26.2 Å². The minimum atomic E-state index is -0.293. The molecule has 1 aromatic carbocycles. The second kappa shape index (κ2) is 12.7. The Morgan fingerprint density at radius 2 is 2.03 bits per heavy atom. The predicted octanol–water partition coefficient (Wildman–Crippen LogP) is 2.81. The molecule has 0 spiro atoms. The molecule has 0 saturated carbocycles. The predicted molar refractivity (Wildman–Crippen MR) is 123 cm³/mol. The van der Waals surface area contributed by atoms with Crippen LogP contribution in [-0.2, 0) is 9.59 Å². The molecule has 2 amide bonds. The Hall–Kier alpha value is -1.89. The second-order valence-electron chi connectivity index (χ2n) is 7.88. The fourth-order valence-electron chi connectivity index (χ4n) is 3.68. The number of amides is 2. The van der Waals surface area contributed by atoms with Gasteiger partial charge in [0.05, 0.1) is 6.04 Å². The number of hydrogen-bond acceptors (Lipinski definition) is 4. The number of nitrogens with zero attached hydrogens (tertiary/aromatic N) is 1. The number of halogens is 1. The lowest BCUT2D eigenvalue weighted by Gasteiger charge is -2.27. The molecule has 0 bridgehead atoms. The molecule has 2 rings (SSSR count). The van der Waals surface area contributed by atoms with Gasteiger partial charge in [-0.3, -0.25) is 9.59 Å². The molecule has 1 aliphatic heterocycles. The lowest BCUT2D eigenvalue weighted by Crippen LogP contribution is -2.49. The Labute approximate surface area is 185 Å². The van der Waals surface area contributed by atoms with E-state index in [0.29, 0.717) is 37.0 Å². The molecule has 0 aromatic heterocycles. The highest BCUT2D eigenvalue weighted by atomic mass is 35.5. The smallest absolute Gasteiger partial charge is 0.244 e. The molecule has 30 heavy (non-hydrogen) atoms. The third-order valence-electron chi connectivity index (χ3n) is 5.70. The first-order chi connectivity index (χ1) is 14.5. The lowest BCUT2D eigenvalue weighted by atomic mass is 10.0. The Morgan fingerprint density at radius 1 is 1.33 bits per heavy atom. The van der Waals surface area contributed by atoms with Crippen LogP contribution in [0.4, 0.5) is 0 Å². The number of nitrogens with one attached hydrogen (secondary N) is 2. The van der Waals surface area contributed by atoms with Gasteiger partial charge in [0, 0.05) is 36.8 Å². The molecule has 166 valence electrons. The van der Waals surface area contributed by atoms with Gasteiger partial charge in [-0.1, -0.05) is 50.4 Å². The zero-order valence-electron chi connectivity index (χ0n) is 18.1.